The highest BCUT2D eigenvalue weighted by atomic mass is 32.2. The van der Waals surface area contributed by atoms with Crippen LogP contribution >= 0.6 is 11.8 Å². The zero-order chi connectivity index (χ0) is 17.1. The minimum atomic E-state index is -3.53. The molecule has 2 N–H and O–H groups in total. The third kappa shape index (κ3) is 4.68. The van der Waals surface area contributed by atoms with Crippen LogP contribution in [-0.2, 0) is 20.2 Å². The lowest BCUT2D eigenvalue weighted by Gasteiger charge is -2.31. The first-order valence-corrected chi connectivity index (χ1v) is 11.3. The van der Waals surface area contributed by atoms with Crippen LogP contribution in [0.4, 0.5) is 0 Å². The maximum absolute atomic E-state index is 12.6. The molecule has 0 amide bonds. The minimum Gasteiger partial charge on any atom is -0.207 e. The van der Waals surface area contributed by atoms with Crippen molar-refractivity contribution in [3.63, 3.8) is 0 Å². The third-order valence-corrected chi connectivity index (χ3v) is 7.58. The van der Waals surface area contributed by atoms with E-state index < -0.39 is 20.2 Å². The lowest BCUT2D eigenvalue weighted by atomic mass is 10.1. The van der Waals surface area contributed by atoms with Crippen molar-refractivity contribution in [3.8, 4) is 0 Å². The van der Waals surface area contributed by atoms with Crippen molar-refractivity contribution in [1.29, 1.82) is 0 Å². The largest absolute Gasteiger partial charge is 0.276 e. The summed E-state index contributed by atoms with van der Waals surface area (Å²) in [5.74, 6) is 0. The van der Waals surface area contributed by atoms with Crippen molar-refractivity contribution in [2.45, 2.75) is 28.7 Å². The van der Waals surface area contributed by atoms with E-state index in [1.54, 1.807) is 36.0 Å². The fourth-order valence-corrected chi connectivity index (χ4v) is 5.06. The molecule has 7 nitrogen and oxygen atoms in total. The van der Waals surface area contributed by atoms with E-state index >= 15 is 0 Å². The summed E-state index contributed by atoms with van der Waals surface area (Å²) in [5, 5.41) is 0. The van der Waals surface area contributed by atoms with E-state index in [4.69, 9.17) is 0 Å². The van der Waals surface area contributed by atoms with Gasteiger partial charge in [0.2, 0.25) is 10.0 Å². The van der Waals surface area contributed by atoms with Gasteiger partial charge in [0, 0.05) is 31.1 Å². The molecule has 0 aliphatic carbocycles. The van der Waals surface area contributed by atoms with Crippen molar-refractivity contribution >= 4 is 32.0 Å². The molecule has 0 radical (unpaired) electrons. The molecule has 1 fully saturated rings. The van der Waals surface area contributed by atoms with Gasteiger partial charge in [0.05, 0.1) is 4.90 Å². The molecule has 1 saturated heterocycles. The second kappa shape index (κ2) is 7.49. The Labute approximate surface area is 142 Å². The molecular weight excluding hydrogens is 358 g/mol. The number of benzene rings is 1. The number of thioether (sulfide) groups is 1. The van der Waals surface area contributed by atoms with E-state index in [9.17, 15) is 16.8 Å². The number of hydrogen-bond acceptors (Lipinski definition) is 5. The number of sulfonamides is 1. The van der Waals surface area contributed by atoms with Crippen LogP contribution in [0.1, 0.15) is 12.8 Å². The summed E-state index contributed by atoms with van der Waals surface area (Å²) in [6.07, 6.45) is 2.83. The van der Waals surface area contributed by atoms with E-state index in [0.717, 1.165) is 4.90 Å². The molecule has 0 aromatic heterocycles. The van der Waals surface area contributed by atoms with Crippen LogP contribution in [0.15, 0.2) is 34.1 Å². The predicted molar refractivity (Wildman–Crippen MR) is 91.1 cm³/mol. The first kappa shape index (κ1) is 18.7. The quantitative estimate of drug-likeness (QED) is 0.707. The summed E-state index contributed by atoms with van der Waals surface area (Å²) in [6, 6.07) is 6.53. The molecule has 0 spiro atoms. The average Bonchev–Trinajstić information content (AvgIpc) is 2.55. The highest BCUT2D eigenvalue weighted by molar-refractivity contribution is 7.98. The van der Waals surface area contributed by atoms with Crippen LogP contribution in [0.5, 0.6) is 0 Å². The van der Waals surface area contributed by atoms with Gasteiger partial charge in [0.1, 0.15) is 0 Å². The van der Waals surface area contributed by atoms with Crippen LogP contribution < -0.4 is 9.44 Å². The number of rotatable bonds is 6. The van der Waals surface area contributed by atoms with Gasteiger partial charge in [0.25, 0.3) is 10.2 Å². The smallest absolute Gasteiger partial charge is 0.207 e. The van der Waals surface area contributed by atoms with Crippen molar-refractivity contribution in [1.82, 2.24) is 13.7 Å². The maximum atomic E-state index is 12.6. The fraction of sp³-hybridized carbons (Fsp3) is 0.538. The molecule has 1 aliphatic heterocycles. The fourth-order valence-electron chi connectivity index (χ4n) is 2.39. The van der Waals surface area contributed by atoms with Crippen molar-refractivity contribution in [3.05, 3.63) is 24.3 Å². The number of nitrogens with zero attached hydrogens (tertiary/aromatic N) is 1. The molecule has 0 atom stereocenters. The number of piperidine rings is 1. The molecular formula is C13H21N3O4S3. The summed E-state index contributed by atoms with van der Waals surface area (Å²) in [7, 11) is -5.70. The monoisotopic (exact) mass is 379 g/mol. The molecule has 1 heterocycles. The number of hydrogen-bond donors (Lipinski definition) is 2. The van der Waals surface area contributed by atoms with Gasteiger partial charge in [-0.3, -0.25) is 0 Å². The van der Waals surface area contributed by atoms with Gasteiger partial charge < -0.3 is 0 Å². The molecule has 0 unspecified atom stereocenters. The van der Waals surface area contributed by atoms with Gasteiger partial charge in [0.15, 0.2) is 0 Å². The van der Waals surface area contributed by atoms with E-state index in [-0.39, 0.29) is 10.9 Å². The summed E-state index contributed by atoms with van der Waals surface area (Å²) in [5.41, 5.74) is 0. The third-order valence-electron chi connectivity index (χ3n) is 3.74. The van der Waals surface area contributed by atoms with Crippen LogP contribution in [0.25, 0.3) is 0 Å². The van der Waals surface area contributed by atoms with Gasteiger partial charge in [-0.15, -0.1) is 11.8 Å². The Morgan fingerprint density at radius 1 is 1.09 bits per heavy atom. The zero-order valence-electron chi connectivity index (χ0n) is 13.0. The van der Waals surface area contributed by atoms with E-state index in [1.165, 1.54) is 11.4 Å². The minimum absolute atomic E-state index is 0.252. The Balaban J connectivity index is 2.03. The van der Waals surface area contributed by atoms with Gasteiger partial charge in [-0.2, -0.15) is 17.4 Å². The summed E-state index contributed by atoms with van der Waals surface area (Å²) >= 11 is 1.55. The van der Waals surface area contributed by atoms with Crippen molar-refractivity contribution in [2.24, 2.45) is 0 Å². The average molecular weight is 380 g/mol. The SMILES string of the molecule is CNS(=O)(=O)NC1CCN(S(=O)(=O)c2ccc(SC)cc2)CC1. The second-order valence-electron chi connectivity index (χ2n) is 5.18. The summed E-state index contributed by atoms with van der Waals surface area (Å²) in [4.78, 5) is 1.27. The Morgan fingerprint density at radius 2 is 1.65 bits per heavy atom. The maximum Gasteiger partial charge on any atom is 0.276 e. The Bertz CT molecular complexity index is 724. The molecule has 2 rings (SSSR count). The Morgan fingerprint density at radius 3 is 2.13 bits per heavy atom. The molecule has 130 valence electrons. The van der Waals surface area contributed by atoms with Gasteiger partial charge >= 0.3 is 0 Å². The van der Waals surface area contributed by atoms with E-state index in [2.05, 4.69) is 9.44 Å². The van der Waals surface area contributed by atoms with Gasteiger partial charge in [-0.25, -0.2) is 13.1 Å². The molecule has 23 heavy (non-hydrogen) atoms. The standard InChI is InChI=1S/C13H21N3O4S3/c1-14-23(19,20)15-11-7-9-16(10-8-11)22(17,18)13-5-3-12(21-2)4-6-13/h3-6,11,14-15H,7-10H2,1-2H3. The van der Waals surface area contributed by atoms with Gasteiger partial charge in [-0.05, 0) is 43.4 Å². The van der Waals surface area contributed by atoms with Crippen LogP contribution in [0, 0.1) is 0 Å². The van der Waals surface area contributed by atoms with Gasteiger partial charge in [-0.1, -0.05) is 0 Å². The topological polar surface area (TPSA) is 95.6 Å². The van der Waals surface area contributed by atoms with Crippen molar-refractivity contribution in [2.75, 3.05) is 26.4 Å². The molecule has 0 saturated carbocycles. The normalized spacial score (nSPS) is 18.2. The molecule has 1 aromatic rings. The Kier molecular flexibility index (Phi) is 6.09. The summed E-state index contributed by atoms with van der Waals surface area (Å²) in [6.45, 7) is 0.590. The predicted octanol–water partition coefficient (Wildman–Crippen LogP) is 0.615. The molecule has 10 heteroatoms. The Hall–Kier alpha value is -0.650. The lowest BCUT2D eigenvalue weighted by Crippen LogP contribution is -2.48. The van der Waals surface area contributed by atoms with Crippen LogP contribution in [0.3, 0.4) is 0 Å². The van der Waals surface area contributed by atoms with E-state index in [0.29, 0.717) is 25.9 Å². The van der Waals surface area contributed by atoms with E-state index in [1.807, 2.05) is 6.26 Å². The molecule has 0 bridgehead atoms. The first-order chi connectivity index (χ1) is 10.8. The number of nitrogens with one attached hydrogen (secondary N) is 2. The zero-order valence-corrected chi connectivity index (χ0v) is 15.5. The van der Waals surface area contributed by atoms with Crippen LogP contribution in [0.2, 0.25) is 0 Å². The lowest BCUT2D eigenvalue weighted by molar-refractivity contribution is 0.308. The van der Waals surface area contributed by atoms with Crippen molar-refractivity contribution < 1.29 is 16.8 Å². The first-order valence-electron chi connectivity index (χ1n) is 7.13. The molecule has 1 aliphatic rings. The van der Waals surface area contributed by atoms with Crippen LogP contribution in [-0.4, -0.2) is 53.6 Å². The molecule has 1 aromatic carbocycles. The summed E-state index contributed by atoms with van der Waals surface area (Å²) < 4.78 is 54.3. The highest BCUT2D eigenvalue weighted by Crippen LogP contribution is 2.23. The second-order valence-corrected chi connectivity index (χ2v) is 9.65. The highest BCUT2D eigenvalue weighted by Gasteiger charge is 2.30.